The van der Waals surface area contributed by atoms with Crippen molar-refractivity contribution in [3.8, 4) is 0 Å². The van der Waals surface area contributed by atoms with E-state index in [0.29, 0.717) is 6.42 Å². The number of rotatable bonds is 4. The van der Waals surface area contributed by atoms with Crippen molar-refractivity contribution in [3.05, 3.63) is 35.1 Å². The standard InChI is InChI=1S/C13H17FO/c1-9(2)12-8-11(4-5-13(12)14)10(3)6-7-15/h4-5,7-10H,6H2,1-3H3. The van der Waals surface area contributed by atoms with Gasteiger partial charge in [0.05, 0.1) is 0 Å². The summed E-state index contributed by atoms with van der Waals surface area (Å²) in [7, 11) is 0. The topological polar surface area (TPSA) is 17.1 Å². The molecule has 0 amide bonds. The van der Waals surface area contributed by atoms with Crippen molar-refractivity contribution in [2.45, 2.75) is 39.0 Å². The Morgan fingerprint density at radius 1 is 1.33 bits per heavy atom. The van der Waals surface area contributed by atoms with Crippen LogP contribution in [-0.2, 0) is 4.79 Å². The molecule has 1 atom stereocenters. The van der Waals surface area contributed by atoms with E-state index in [-0.39, 0.29) is 17.7 Å². The molecule has 0 aliphatic heterocycles. The van der Waals surface area contributed by atoms with Crippen LogP contribution in [0.5, 0.6) is 0 Å². The van der Waals surface area contributed by atoms with Crippen molar-refractivity contribution >= 4 is 6.29 Å². The van der Waals surface area contributed by atoms with Crippen molar-refractivity contribution < 1.29 is 9.18 Å². The zero-order valence-corrected chi connectivity index (χ0v) is 9.46. The Kier molecular flexibility index (Phi) is 4.01. The zero-order chi connectivity index (χ0) is 11.4. The number of halogens is 1. The fourth-order valence-electron chi connectivity index (χ4n) is 1.59. The minimum absolute atomic E-state index is 0.160. The van der Waals surface area contributed by atoms with Crippen molar-refractivity contribution in [2.24, 2.45) is 0 Å². The van der Waals surface area contributed by atoms with Gasteiger partial charge < -0.3 is 4.79 Å². The molecule has 82 valence electrons. The molecule has 0 fully saturated rings. The second kappa shape index (κ2) is 5.06. The minimum atomic E-state index is -0.160. The van der Waals surface area contributed by atoms with E-state index < -0.39 is 0 Å². The number of hydrogen-bond donors (Lipinski definition) is 0. The van der Waals surface area contributed by atoms with Crippen LogP contribution >= 0.6 is 0 Å². The highest BCUT2D eigenvalue weighted by molar-refractivity contribution is 5.51. The fraction of sp³-hybridized carbons (Fsp3) is 0.462. The molecule has 0 saturated carbocycles. The van der Waals surface area contributed by atoms with Crippen LogP contribution in [-0.4, -0.2) is 6.29 Å². The van der Waals surface area contributed by atoms with Gasteiger partial charge in [-0.3, -0.25) is 0 Å². The summed E-state index contributed by atoms with van der Waals surface area (Å²) < 4.78 is 13.4. The monoisotopic (exact) mass is 208 g/mol. The molecule has 0 N–H and O–H groups in total. The lowest BCUT2D eigenvalue weighted by atomic mass is 9.93. The summed E-state index contributed by atoms with van der Waals surface area (Å²) in [5, 5.41) is 0. The summed E-state index contributed by atoms with van der Waals surface area (Å²) in [6.45, 7) is 5.91. The molecule has 0 bridgehead atoms. The second-order valence-corrected chi connectivity index (χ2v) is 4.24. The average Bonchev–Trinajstić information content (AvgIpc) is 2.18. The number of benzene rings is 1. The van der Waals surface area contributed by atoms with Crippen molar-refractivity contribution in [1.82, 2.24) is 0 Å². The van der Waals surface area contributed by atoms with Gasteiger partial charge >= 0.3 is 0 Å². The minimum Gasteiger partial charge on any atom is -0.303 e. The average molecular weight is 208 g/mol. The summed E-state index contributed by atoms with van der Waals surface area (Å²) in [4.78, 5) is 10.4. The van der Waals surface area contributed by atoms with Crippen LogP contribution in [0, 0.1) is 5.82 Å². The van der Waals surface area contributed by atoms with Crippen LogP contribution in [0.3, 0.4) is 0 Å². The van der Waals surface area contributed by atoms with Gasteiger partial charge in [0.2, 0.25) is 0 Å². The van der Waals surface area contributed by atoms with E-state index in [2.05, 4.69) is 0 Å². The molecule has 0 heterocycles. The highest BCUT2D eigenvalue weighted by Gasteiger charge is 2.11. The van der Waals surface area contributed by atoms with Gasteiger partial charge in [-0.1, -0.05) is 32.9 Å². The first kappa shape index (κ1) is 11.9. The molecular formula is C13H17FO. The number of hydrogen-bond acceptors (Lipinski definition) is 1. The van der Waals surface area contributed by atoms with E-state index in [1.54, 1.807) is 6.07 Å². The van der Waals surface area contributed by atoms with E-state index in [0.717, 1.165) is 17.4 Å². The summed E-state index contributed by atoms with van der Waals surface area (Å²) in [5.74, 6) is 0.182. The van der Waals surface area contributed by atoms with Gasteiger partial charge in [-0.15, -0.1) is 0 Å². The molecule has 1 rings (SSSR count). The quantitative estimate of drug-likeness (QED) is 0.690. The summed E-state index contributed by atoms with van der Waals surface area (Å²) >= 11 is 0. The predicted octanol–water partition coefficient (Wildman–Crippen LogP) is 3.64. The Bertz CT molecular complexity index is 344. The van der Waals surface area contributed by atoms with Gasteiger partial charge in [0.25, 0.3) is 0 Å². The van der Waals surface area contributed by atoms with E-state index in [9.17, 15) is 9.18 Å². The smallest absolute Gasteiger partial charge is 0.126 e. The van der Waals surface area contributed by atoms with Crippen LogP contribution in [0.4, 0.5) is 4.39 Å². The van der Waals surface area contributed by atoms with Crippen LogP contribution in [0.1, 0.15) is 50.2 Å². The Balaban J connectivity index is 3.01. The van der Waals surface area contributed by atoms with Crippen molar-refractivity contribution in [3.63, 3.8) is 0 Å². The highest BCUT2D eigenvalue weighted by atomic mass is 19.1. The molecule has 0 radical (unpaired) electrons. The third-order valence-corrected chi connectivity index (χ3v) is 2.66. The first-order valence-electron chi connectivity index (χ1n) is 5.29. The number of carbonyl (C=O) groups is 1. The van der Waals surface area contributed by atoms with E-state index in [1.165, 1.54) is 6.07 Å². The maximum absolute atomic E-state index is 13.4. The normalized spacial score (nSPS) is 12.9. The third kappa shape index (κ3) is 2.88. The van der Waals surface area contributed by atoms with E-state index >= 15 is 0 Å². The van der Waals surface area contributed by atoms with Gasteiger partial charge in [-0.25, -0.2) is 4.39 Å². The molecular weight excluding hydrogens is 191 g/mol. The van der Waals surface area contributed by atoms with Gasteiger partial charge in [0.1, 0.15) is 12.1 Å². The largest absolute Gasteiger partial charge is 0.303 e. The molecule has 0 aliphatic rings. The fourth-order valence-corrected chi connectivity index (χ4v) is 1.59. The van der Waals surface area contributed by atoms with E-state index in [1.807, 2.05) is 26.8 Å². The second-order valence-electron chi connectivity index (χ2n) is 4.24. The van der Waals surface area contributed by atoms with Gasteiger partial charge in [0.15, 0.2) is 0 Å². The molecule has 1 aromatic carbocycles. The lowest BCUT2D eigenvalue weighted by Gasteiger charge is -2.13. The Morgan fingerprint density at radius 2 is 2.00 bits per heavy atom. The molecule has 0 saturated heterocycles. The van der Waals surface area contributed by atoms with Crippen LogP contribution in [0.15, 0.2) is 18.2 Å². The molecule has 0 spiro atoms. The van der Waals surface area contributed by atoms with Gasteiger partial charge in [0, 0.05) is 6.42 Å². The van der Waals surface area contributed by atoms with Crippen LogP contribution in [0.25, 0.3) is 0 Å². The van der Waals surface area contributed by atoms with Crippen LogP contribution in [0.2, 0.25) is 0 Å². The lowest BCUT2D eigenvalue weighted by molar-refractivity contribution is -0.108. The molecule has 2 heteroatoms. The molecule has 0 aromatic heterocycles. The number of carbonyl (C=O) groups excluding carboxylic acids is 1. The Hall–Kier alpha value is -1.18. The van der Waals surface area contributed by atoms with Crippen molar-refractivity contribution in [1.29, 1.82) is 0 Å². The van der Waals surface area contributed by atoms with Gasteiger partial charge in [-0.05, 0) is 29.0 Å². The van der Waals surface area contributed by atoms with Crippen LogP contribution < -0.4 is 0 Å². The maximum Gasteiger partial charge on any atom is 0.126 e. The Morgan fingerprint density at radius 3 is 2.53 bits per heavy atom. The molecule has 1 unspecified atom stereocenters. The number of aldehydes is 1. The lowest BCUT2D eigenvalue weighted by Crippen LogP contribution is -1.99. The molecule has 0 aliphatic carbocycles. The van der Waals surface area contributed by atoms with Crippen molar-refractivity contribution in [2.75, 3.05) is 0 Å². The predicted molar refractivity (Wildman–Crippen MR) is 59.6 cm³/mol. The Labute approximate surface area is 90.3 Å². The molecule has 1 aromatic rings. The highest BCUT2D eigenvalue weighted by Crippen LogP contribution is 2.25. The zero-order valence-electron chi connectivity index (χ0n) is 9.46. The summed E-state index contributed by atoms with van der Waals surface area (Å²) in [6, 6.07) is 5.12. The summed E-state index contributed by atoms with van der Waals surface area (Å²) in [6.07, 6.45) is 1.40. The molecule has 15 heavy (non-hydrogen) atoms. The first-order chi connectivity index (χ1) is 7.06. The third-order valence-electron chi connectivity index (χ3n) is 2.66. The maximum atomic E-state index is 13.4. The molecule has 1 nitrogen and oxygen atoms in total. The SMILES string of the molecule is CC(C)c1cc(C(C)CC=O)ccc1F. The first-order valence-corrected chi connectivity index (χ1v) is 5.29. The van der Waals surface area contributed by atoms with E-state index in [4.69, 9.17) is 0 Å². The summed E-state index contributed by atoms with van der Waals surface area (Å²) in [5.41, 5.74) is 1.76. The van der Waals surface area contributed by atoms with Gasteiger partial charge in [-0.2, -0.15) is 0 Å².